The molecule has 0 radical (unpaired) electrons. The van der Waals surface area contributed by atoms with E-state index in [4.69, 9.17) is 9.57 Å². The minimum absolute atomic E-state index is 0.372. The van der Waals surface area contributed by atoms with E-state index in [1.165, 1.54) is 14.2 Å². The number of nitrogens with one attached hydrogen (secondary N) is 2. The zero-order valence-electron chi connectivity index (χ0n) is 14.2. The van der Waals surface area contributed by atoms with Crippen LogP contribution in [0.2, 0.25) is 0 Å². The van der Waals surface area contributed by atoms with Gasteiger partial charge in [0.25, 0.3) is 0 Å². The lowest BCUT2D eigenvalue weighted by Crippen LogP contribution is -2.30. The molecule has 0 bridgehead atoms. The van der Waals surface area contributed by atoms with E-state index in [9.17, 15) is 9.59 Å². The molecule has 7 heteroatoms. The second-order valence-electron chi connectivity index (χ2n) is 5.20. The van der Waals surface area contributed by atoms with Gasteiger partial charge in [0.1, 0.15) is 5.75 Å². The van der Waals surface area contributed by atoms with E-state index in [0.717, 1.165) is 22.7 Å². The zero-order chi connectivity index (χ0) is 18.1. The molecule has 0 unspecified atom stereocenters. The first kappa shape index (κ1) is 18.3. The van der Waals surface area contributed by atoms with Gasteiger partial charge in [-0.2, -0.15) is 0 Å². The number of ether oxygens (including phenoxy) is 1. The zero-order valence-corrected chi connectivity index (χ0v) is 14.2. The highest BCUT2D eigenvalue weighted by Gasteiger charge is 2.08. The molecular formula is C18H21N3O4. The molecule has 0 atom stereocenters. The van der Waals surface area contributed by atoms with Crippen molar-refractivity contribution >= 4 is 23.8 Å². The molecule has 132 valence electrons. The molecule has 0 aliphatic heterocycles. The molecule has 0 heterocycles. The summed E-state index contributed by atoms with van der Waals surface area (Å²) in [5.74, 6) is 0.664. The van der Waals surface area contributed by atoms with Crippen molar-refractivity contribution in [1.29, 1.82) is 0 Å². The molecule has 0 spiro atoms. The Labute approximate surface area is 146 Å². The Morgan fingerprint density at radius 1 is 1.16 bits per heavy atom. The van der Waals surface area contributed by atoms with Gasteiger partial charge in [-0.05, 0) is 29.8 Å². The Hall–Kier alpha value is -3.06. The number of hydrogen-bond donors (Lipinski definition) is 2. The lowest BCUT2D eigenvalue weighted by molar-refractivity contribution is -0.105. The average molecular weight is 343 g/mol. The number of rotatable bonds is 8. The SMILES string of the molecule is CON(C)C(=O)Nc1cccc(OCCc2ccc(NC=O)cc2)c1. The summed E-state index contributed by atoms with van der Waals surface area (Å²) in [6.45, 7) is 0.496. The third-order valence-corrected chi connectivity index (χ3v) is 3.48. The van der Waals surface area contributed by atoms with Gasteiger partial charge in [-0.1, -0.05) is 18.2 Å². The summed E-state index contributed by atoms with van der Waals surface area (Å²) in [7, 11) is 2.94. The Morgan fingerprint density at radius 2 is 1.92 bits per heavy atom. The molecule has 0 aliphatic rings. The quantitative estimate of drug-likeness (QED) is 0.570. The predicted molar refractivity (Wildman–Crippen MR) is 95.6 cm³/mol. The first-order chi connectivity index (χ1) is 12.1. The van der Waals surface area contributed by atoms with Crippen LogP contribution in [0.1, 0.15) is 5.56 Å². The normalized spacial score (nSPS) is 10.0. The van der Waals surface area contributed by atoms with E-state index in [1.807, 2.05) is 30.3 Å². The number of amides is 3. The van der Waals surface area contributed by atoms with Crippen LogP contribution in [-0.2, 0) is 16.1 Å². The molecule has 0 fully saturated rings. The second kappa shape index (κ2) is 9.29. The minimum Gasteiger partial charge on any atom is -0.493 e. The van der Waals surface area contributed by atoms with Crippen LogP contribution in [0.15, 0.2) is 48.5 Å². The predicted octanol–water partition coefficient (Wildman–Crippen LogP) is 2.90. The maximum Gasteiger partial charge on any atom is 0.345 e. The number of urea groups is 1. The van der Waals surface area contributed by atoms with Crippen molar-refractivity contribution in [2.75, 3.05) is 31.4 Å². The van der Waals surface area contributed by atoms with Gasteiger partial charge in [0.05, 0.1) is 13.7 Å². The first-order valence-electron chi connectivity index (χ1n) is 7.73. The summed E-state index contributed by atoms with van der Waals surface area (Å²) in [6, 6.07) is 14.3. The smallest absolute Gasteiger partial charge is 0.345 e. The number of hydroxylamine groups is 2. The highest BCUT2D eigenvalue weighted by Crippen LogP contribution is 2.18. The number of hydrogen-bond acceptors (Lipinski definition) is 4. The van der Waals surface area contributed by atoms with Crippen molar-refractivity contribution in [2.45, 2.75) is 6.42 Å². The van der Waals surface area contributed by atoms with Crippen LogP contribution in [0.5, 0.6) is 5.75 Å². The number of anilines is 2. The van der Waals surface area contributed by atoms with Gasteiger partial charge in [-0.25, -0.2) is 9.86 Å². The van der Waals surface area contributed by atoms with Crippen molar-refractivity contribution in [1.82, 2.24) is 5.06 Å². The van der Waals surface area contributed by atoms with E-state index in [1.54, 1.807) is 18.2 Å². The first-order valence-corrected chi connectivity index (χ1v) is 7.73. The lowest BCUT2D eigenvalue weighted by atomic mass is 10.1. The summed E-state index contributed by atoms with van der Waals surface area (Å²) in [5.41, 5.74) is 2.47. The summed E-state index contributed by atoms with van der Waals surface area (Å²) in [6.07, 6.45) is 1.37. The van der Waals surface area contributed by atoms with Gasteiger partial charge in [-0.3, -0.25) is 9.63 Å². The molecule has 0 saturated carbocycles. The highest BCUT2D eigenvalue weighted by atomic mass is 16.7. The topological polar surface area (TPSA) is 79.9 Å². The van der Waals surface area contributed by atoms with Crippen LogP contribution in [0.25, 0.3) is 0 Å². The van der Waals surface area contributed by atoms with Crippen molar-refractivity contribution in [3.63, 3.8) is 0 Å². The fourth-order valence-electron chi connectivity index (χ4n) is 2.07. The van der Waals surface area contributed by atoms with E-state index in [0.29, 0.717) is 24.5 Å². The van der Waals surface area contributed by atoms with Crippen LogP contribution < -0.4 is 15.4 Å². The Balaban J connectivity index is 1.85. The molecule has 25 heavy (non-hydrogen) atoms. The third-order valence-electron chi connectivity index (χ3n) is 3.48. The number of benzene rings is 2. The van der Waals surface area contributed by atoms with Crippen LogP contribution >= 0.6 is 0 Å². The van der Waals surface area contributed by atoms with Gasteiger partial charge < -0.3 is 15.4 Å². The van der Waals surface area contributed by atoms with Crippen LogP contribution in [0.4, 0.5) is 16.2 Å². The summed E-state index contributed by atoms with van der Waals surface area (Å²) >= 11 is 0. The van der Waals surface area contributed by atoms with E-state index in [2.05, 4.69) is 10.6 Å². The van der Waals surface area contributed by atoms with E-state index >= 15 is 0 Å². The lowest BCUT2D eigenvalue weighted by Gasteiger charge is -2.15. The number of carbonyl (C=O) groups excluding carboxylic acids is 2. The van der Waals surface area contributed by atoms with Gasteiger partial charge in [0, 0.05) is 30.9 Å². The molecule has 7 nitrogen and oxygen atoms in total. The Morgan fingerprint density at radius 3 is 2.60 bits per heavy atom. The average Bonchev–Trinajstić information content (AvgIpc) is 2.63. The number of nitrogens with zero attached hydrogens (tertiary/aromatic N) is 1. The fourth-order valence-corrected chi connectivity index (χ4v) is 2.07. The molecule has 2 aromatic carbocycles. The second-order valence-corrected chi connectivity index (χ2v) is 5.20. The van der Waals surface area contributed by atoms with Crippen molar-refractivity contribution in [2.24, 2.45) is 0 Å². The Kier molecular flexibility index (Phi) is 6.79. The minimum atomic E-state index is -0.372. The van der Waals surface area contributed by atoms with Gasteiger partial charge >= 0.3 is 6.03 Å². The maximum absolute atomic E-state index is 11.7. The largest absolute Gasteiger partial charge is 0.493 e. The van der Waals surface area contributed by atoms with Crippen LogP contribution in [0, 0.1) is 0 Å². The van der Waals surface area contributed by atoms with Crippen molar-refractivity contribution < 1.29 is 19.2 Å². The monoisotopic (exact) mass is 343 g/mol. The van der Waals surface area contributed by atoms with Gasteiger partial charge in [-0.15, -0.1) is 0 Å². The molecule has 0 saturated heterocycles. The summed E-state index contributed by atoms with van der Waals surface area (Å²) < 4.78 is 5.73. The number of carbonyl (C=O) groups is 2. The fraction of sp³-hybridized carbons (Fsp3) is 0.222. The molecule has 2 rings (SSSR count). The Bertz CT molecular complexity index is 704. The summed E-state index contributed by atoms with van der Waals surface area (Å²) in [5, 5.41) is 6.39. The van der Waals surface area contributed by atoms with Gasteiger partial charge in [0.15, 0.2) is 0 Å². The molecular weight excluding hydrogens is 322 g/mol. The standard InChI is InChI=1S/C18H21N3O4/c1-21(24-2)18(23)20-16-4-3-5-17(12-16)25-11-10-14-6-8-15(9-7-14)19-13-22/h3-9,12-13H,10-11H2,1-2H3,(H,19,22)(H,20,23). The van der Waals surface area contributed by atoms with Crippen molar-refractivity contribution in [3.05, 3.63) is 54.1 Å². The van der Waals surface area contributed by atoms with Gasteiger partial charge in [0.2, 0.25) is 6.41 Å². The third kappa shape index (κ3) is 5.82. The molecule has 2 N–H and O–H groups in total. The maximum atomic E-state index is 11.7. The van der Waals surface area contributed by atoms with Crippen LogP contribution in [0.3, 0.4) is 0 Å². The van der Waals surface area contributed by atoms with E-state index in [-0.39, 0.29) is 6.03 Å². The highest BCUT2D eigenvalue weighted by molar-refractivity contribution is 5.88. The summed E-state index contributed by atoms with van der Waals surface area (Å²) in [4.78, 5) is 26.9. The molecule has 2 aromatic rings. The molecule has 0 aromatic heterocycles. The molecule has 0 aliphatic carbocycles. The van der Waals surface area contributed by atoms with Crippen LogP contribution in [-0.4, -0.2) is 38.3 Å². The van der Waals surface area contributed by atoms with Crippen molar-refractivity contribution in [3.8, 4) is 5.75 Å². The van der Waals surface area contributed by atoms with E-state index < -0.39 is 0 Å². The molecule has 3 amide bonds.